The van der Waals surface area contributed by atoms with Crippen LogP contribution >= 0.6 is 0 Å². The van der Waals surface area contributed by atoms with Gasteiger partial charge in [0.2, 0.25) is 0 Å². The van der Waals surface area contributed by atoms with Gasteiger partial charge in [-0.2, -0.15) is 0 Å². The van der Waals surface area contributed by atoms with Gasteiger partial charge < -0.3 is 5.32 Å². The van der Waals surface area contributed by atoms with Crippen LogP contribution in [0.1, 0.15) is 47.0 Å². The van der Waals surface area contributed by atoms with Crippen molar-refractivity contribution in [3.05, 3.63) is 0 Å². The summed E-state index contributed by atoms with van der Waals surface area (Å²) in [5, 5.41) is 3.49. The normalized spacial score (nSPS) is 24.3. The van der Waals surface area contributed by atoms with E-state index in [0.29, 0.717) is 0 Å². The molecule has 1 fully saturated rings. The number of rotatable bonds is 8. The summed E-state index contributed by atoms with van der Waals surface area (Å²) in [6.07, 6.45) is 3.88. The van der Waals surface area contributed by atoms with Crippen molar-refractivity contribution in [2.45, 2.75) is 59.0 Å². The van der Waals surface area contributed by atoms with E-state index < -0.39 is 0 Å². The van der Waals surface area contributed by atoms with Gasteiger partial charge in [-0.1, -0.05) is 13.8 Å². The predicted octanol–water partition coefficient (Wildman–Crippen LogP) is 2.18. The lowest BCUT2D eigenvalue weighted by Gasteiger charge is -2.42. The average molecular weight is 255 g/mol. The maximum atomic E-state index is 3.49. The number of likely N-dealkylation sites (N-methyl/N-ethyl adjacent to an activating group) is 1. The Hall–Kier alpha value is -0.120. The van der Waals surface area contributed by atoms with Gasteiger partial charge in [-0.25, -0.2) is 0 Å². The fraction of sp³-hybridized carbons (Fsp3) is 1.00. The molecule has 1 saturated heterocycles. The molecule has 0 aliphatic carbocycles. The van der Waals surface area contributed by atoms with Crippen LogP contribution in [0.3, 0.4) is 0 Å². The zero-order valence-electron chi connectivity index (χ0n) is 12.9. The molecule has 0 aromatic heterocycles. The first-order valence-corrected chi connectivity index (χ1v) is 7.87. The Balaban J connectivity index is 2.16. The molecule has 1 aliphatic heterocycles. The van der Waals surface area contributed by atoms with Crippen molar-refractivity contribution >= 4 is 0 Å². The molecule has 1 rings (SSSR count). The molecule has 0 radical (unpaired) electrons. The third kappa shape index (κ3) is 5.25. The van der Waals surface area contributed by atoms with Crippen LogP contribution in [-0.2, 0) is 0 Å². The van der Waals surface area contributed by atoms with E-state index in [9.17, 15) is 0 Å². The minimum Gasteiger partial charge on any atom is -0.317 e. The lowest BCUT2D eigenvalue weighted by atomic mass is 10.1. The molecule has 1 aliphatic rings. The van der Waals surface area contributed by atoms with Crippen molar-refractivity contribution in [3.8, 4) is 0 Å². The number of hydrogen-bond acceptors (Lipinski definition) is 3. The smallest absolute Gasteiger partial charge is 0.0195 e. The van der Waals surface area contributed by atoms with Crippen molar-refractivity contribution in [1.29, 1.82) is 0 Å². The lowest BCUT2D eigenvalue weighted by molar-refractivity contribution is 0.0607. The molecule has 1 heterocycles. The lowest BCUT2D eigenvalue weighted by Crippen LogP contribution is -2.54. The average Bonchev–Trinajstić information content (AvgIpc) is 2.38. The minimum absolute atomic E-state index is 0.726. The molecule has 18 heavy (non-hydrogen) atoms. The van der Waals surface area contributed by atoms with E-state index in [4.69, 9.17) is 0 Å². The van der Waals surface area contributed by atoms with Crippen LogP contribution < -0.4 is 5.32 Å². The number of nitrogens with zero attached hydrogens (tertiary/aromatic N) is 2. The SMILES string of the molecule is CCCNCCCC(C)N1CCN(CC)C(C)C1. The van der Waals surface area contributed by atoms with E-state index in [0.717, 1.165) is 12.1 Å². The highest BCUT2D eigenvalue weighted by molar-refractivity contribution is 4.81. The van der Waals surface area contributed by atoms with E-state index in [1.807, 2.05) is 0 Å². The van der Waals surface area contributed by atoms with Gasteiger partial charge in [0.25, 0.3) is 0 Å². The topological polar surface area (TPSA) is 18.5 Å². The van der Waals surface area contributed by atoms with Crippen LogP contribution in [0, 0.1) is 0 Å². The van der Waals surface area contributed by atoms with Crippen LogP contribution in [0.15, 0.2) is 0 Å². The van der Waals surface area contributed by atoms with Gasteiger partial charge in [0.15, 0.2) is 0 Å². The van der Waals surface area contributed by atoms with Gasteiger partial charge in [0.1, 0.15) is 0 Å². The quantitative estimate of drug-likeness (QED) is 0.671. The first-order valence-electron chi connectivity index (χ1n) is 7.87. The van der Waals surface area contributed by atoms with Crippen molar-refractivity contribution in [2.75, 3.05) is 39.3 Å². The number of hydrogen-bond donors (Lipinski definition) is 1. The third-order valence-corrected chi connectivity index (χ3v) is 4.23. The Morgan fingerprint density at radius 2 is 2.00 bits per heavy atom. The molecule has 0 aromatic rings. The summed E-state index contributed by atoms with van der Waals surface area (Å²) in [5.74, 6) is 0. The molecule has 3 nitrogen and oxygen atoms in total. The van der Waals surface area contributed by atoms with Crippen LogP contribution in [0.4, 0.5) is 0 Å². The highest BCUT2D eigenvalue weighted by Crippen LogP contribution is 2.14. The summed E-state index contributed by atoms with van der Waals surface area (Å²) in [6, 6.07) is 1.47. The highest BCUT2D eigenvalue weighted by atomic mass is 15.3. The highest BCUT2D eigenvalue weighted by Gasteiger charge is 2.24. The van der Waals surface area contributed by atoms with E-state index in [-0.39, 0.29) is 0 Å². The maximum Gasteiger partial charge on any atom is 0.0195 e. The van der Waals surface area contributed by atoms with E-state index in [1.54, 1.807) is 0 Å². The van der Waals surface area contributed by atoms with Crippen molar-refractivity contribution < 1.29 is 0 Å². The Morgan fingerprint density at radius 1 is 1.22 bits per heavy atom. The summed E-state index contributed by atoms with van der Waals surface area (Å²) >= 11 is 0. The van der Waals surface area contributed by atoms with Crippen LogP contribution in [0.5, 0.6) is 0 Å². The molecule has 0 bridgehead atoms. The van der Waals surface area contributed by atoms with Crippen molar-refractivity contribution in [1.82, 2.24) is 15.1 Å². The van der Waals surface area contributed by atoms with Crippen LogP contribution in [-0.4, -0.2) is 61.2 Å². The Morgan fingerprint density at radius 3 is 2.61 bits per heavy atom. The summed E-state index contributed by atoms with van der Waals surface area (Å²) < 4.78 is 0. The van der Waals surface area contributed by atoms with Gasteiger partial charge in [-0.15, -0.1) is 0 Å². The first-order chi connectivity index (χ1) is 8.69. The minimum atomic E-state index is 0.726. The largest absolute Gasteiger partial charge is 0.317 e. The van der Waals surface area contributed by atoms with Gasteiger partial charge >= 0.3 is 0 Å². The molecule has 3 heteroatoms. The van der Waals surface area contributed by atoms with Gasteiger partial charge in [-0.3, -0.25) is 9.80 Å². The fourth-order valence-electron chi connectivity index (χ4n) is 2.90. The molecule has 108 valence electrons. The van der Waals surface area contributed by atoms with E-state index in [1.165, 1.54) is 58.5 Å². The molecular formula is C15H33N3. The summed E-state index contributed by atoms with van der Waals surface area (Å²) in [6.45, 7) is 16.6. The molecule has 0 saturated carbocycles. The third-order valence-electron chi connectivity index (χ3n) is 4.23. The zero-order chi connectivity index (χ0) is 13.4. The second-order valence-electron chi connectivity index (χ2n) is 5.71. The molecule has 2 atom stereocenters. The maximum absolute atomic E-state index is 3.49. The number of piperazine rings is 1. The summed E-state index contributed by atoms with van der Waals surface area (Å²) in [7, 11) is 0. The molecule has 0 amide bonds. The van der Waals surface area contributed by atoms with Crippen LogP contribution in [0.25, 0.3) is 0 Å². The monoisotopic (exact) mass is 255 g/mol. The molecule has 0 spiro atoms. The number of nitrogens with one attached hydrogen (secondary N) is 1. The summed E-state index contributed by atoms with van der Waals surface area (Å²) in [5.41, 5.74) is 0. The molecule has 2 unspecified atom stereocenters. The van der Waals surface area contributed by atoms with E-state index in [2.05, 4.69) is 42.8 Å². The van der Waals surface area contributed by atoms with Crippen LogP contribution in [0.2, 0.25) is 0 Å². The van der Waals surface area contributed by atoms with Crippen molar-refractivity contribution in [2.24, 2.45) is 0 Å². The summed E-state index contributed by atoms with van der Waals surface area (Å²) in [4.78, 5) is 5.27. The Kier molecular flexibility index (Phi) is 7.87. The van der Waals surface area contributed by atoms with E-state index >= 15 is 0 Å². The second kappa shape index (κ2) is 8.89. The van der Waals surface area contributed by atoms with Crippen molar-refractivity contribution in [3.63, 3.8) is 0 Å². The second-order valence-corrected chi connectivity index (χ2v) is 5.71. The molecule has 0 aromatic carbocycles. The predicted molar refractivity (Wildman–Crippen MR) is 80.1 cm³/mol. The van der Waals surface area contributed by atoms with Gasteiger partial charge in [-0.05, 0) is 52.7 Å². The zero-order valence-corrected chi connectivity index (χ0v) is 12.9. The molecule has 1 N–H and O–H groups in total. The first kappa shape index (κ1) is 15.9. The van der Waals surface area contributed by atoms with Gasteiger partial charge in [0.05, 0.1) is 0 Å². The Labute approximate surface area is 114 Å². The van der Waals surface area contributed by atoms with Gasteiger partial charge in [0, 0.05) is 31.7 Å². The molecular weight excluding hydrogens is 222 g/mol. The fourth-order valence-corrected chi connectivity index (χ4v) is 2.90. The Bertz CT molecular complexity index is 208. The standard InChI is InChI=1S/C15H33N3/c1-5-9-16-10-7-8-14(3)18-12-11-17(6-2)15(4)13-18/h14-16H,5-13H2,1-4H3.